The van der Waals surface area contributed by atoms with E-state index in [-0.39, 0.29) is 12.5 Å². The monoisotopic (exact) mass is 363 g/mol. The Kier molecular flexibility index (Phi) is 4.87. The van der Waals surface area contributed by atoms with E-state index in [0.29, 0.717) is 22.4 Å². The highest BCUT2D eigenvalue weighted by Crippen LogP contribution is 2.22. The highest BCUT2D eigenvalue weighted by atomic mass is 35.5. The number of carbonyl (C=O) groups is 1. The Morgan fingerprint density at radius 1 is 1.12 bits per heavy atom. The number of anilines is 1. The number of amides is 1. The summed E-state index contributed by atoms with van der Waals surface area (Å²) in [6.07, 6.45) is 3.39. The van der Waals surface area contributed by atoms with Gasteiger partial charge in [0.05, 0.1) is 12.2 Å². The average Bonchev–Trinajstić information content (AvgIpc) is 3.08. The highest BCUT2D eigenvalue weighted by Gasteiger charge is 2.12. The van der Waals surface area contributed by atoms with E-state index in [4.69, 9.17) is 23.2 Å². The quantitative estimate of drug-likeness (QED) is 0.755. The third-order valence-corrected chi connectivity index (χ3v) is 3.99. The number of aryl methyl sites for hydroxylation is 1. The van der Waals surface area contributed by atoms with Gasteiger partial charge in [0.25, 0.3) is 0 Å². The molecule has 0 aliphatic rings. The van der Waals surface area contributed by atoms with Crippen LogP contribution in [-0.4, -0.2) is 25.5 Å². The van der Waals surface area contributed by atoms with Gasteiger partial charge in [0, 0.05) is 17.4 Å². The Morgan fingerprint density at radius 2 is 1.92 bits per heavy atom. The molecule has 0 radical (unpaired) electrons. The molecule has 124 valence electrons. The third kappa shape index (κ3) is 3.96. The van der Waals surface area contributed by atoms with E-state index in [2.05, 4.69) is 15.5 Å². The van der Waals surface area contributed by atoms with E-state index in [1.807, 2.05) is 37.3 Å². The van der Waals surface area contributed by atoms with E-state index >= 15 is 0 Å². The first-order valence-electron chi connectivity index (χ1n) is 7.27. The van der Waals surface area contributed by atoms with Crippen LogP contribution in [0, 0.1) is 6.92 Å². The first-order chi connectivity index (χ1) is 11.5. The molecule has 1 amide bonds. The lowest BCUT2D eigenvalue weighted by molar-refractivity contribution is -0.116. The number of carbonyl (C=O) groups excluding carboxylic acids is 1. The first-order valence-corrected chi connectivity index (χ1v) is 8.03. The Bertz CT molecular complexity index is 871. The maximum Gasteiger partial charge on any atom is 0.247 e. The molecule has 0 saturated carbocycles. The molecule has 0 fully saturated rings. The fourth-order valence-corrected chi connectivity index (χ4v) is 2.63. The molecule has 0 bridgehead atoms. The first kappa shape index (κ1) is 16.5. The van der Waals surface area contributed by atoms with Crippen LogP contribution in [0.25, 0.3) is 0 Å². The second-order valence-electron chi connectivity index (χ2n) is 5.32. The molecule has 0 saturated heterocycles. The lowest BCUT2D eigenvalue weighted by atomic mass is 10.2. The van der Waals surface area contributed by atoms with Crippen LogP contribution in [0.5, 0.6) is 0 Å². The Labute approximate surface area is 149 Å². The molecule has 0 spiro atoms. The smallest absolute Gasteiger partial charge is 0.247 e. The lowest BCUT2D eigenvalue weighted by Gasteiger charge is -2.04. The van der Waals surface area contributed by atoms with Crippen molar-refractivity contribution in [1.29, 1.82) is 0 Å². The zero-order valence-corrected chi connectivity index (χ0v) is 14.4. The lowest BCUT2D eigenvalue weighted by Crippen LogP contribution is -2.19. The van der Waals surface area contributed by atoms with E-state index in [1.54, 1.807) is 21.8 Å². The summed E-state index contributed by atoms with van der Waals surface area (Å²) in [6.45, 7) is 2.43. The number of hydrogen-bond donors (Lipinski definition) is 1. The van der Waals surface area contributed by atoms with Crippen LogP contribution in [0.3, 0.4) is 0 Å². The summed E-state index contributed by atoms with van der Waals surface area (Å²) in [5, 5.41) is 12.2. The summed E-state index contributed by atoms with van der Waals surface area (Å²) in [6, 6.07) is 9.33. The maximum atomic E-state index is 12.1. The molecule has 24 heavy (non-hydrogen) atoms. The minimum atomic E-state index is -0.247. The highest BCUT2D eigenvalue weighted by molar-refractivity contribution is 6.33. The molecule has 8 heteroatoms. The van der Waals surface area contributed by atoms with Gasteiger partial charge < -0.3 is 5.32 Å². The van der Waals surface area contributed by atoms with Gasteiger partial charge in [-0.3, -0.25) is 14.2 Å². The van der Waals surface area contributed by atoms with Crippen molar-refractivity contribution in [3.05, 3.63) is 64.0 Å². The van der Waals surface area contributed by atoms with Gasteiger partial charge in [-0.1, -0.05) is 41.4 Å². The van der Waals surface area contributed by atoms with Crippen molar-refractivity contribution in [2.24, 2.45) is 0 Å². The molecule has 1 N–H and O–H groups in total. The van der Waals surface area contributed by atoms with Crippen LogP contribution in [-0.2, 0) is 17.9 Å². The van der Waals surface area contributed by atoms with Gasteiger partial charge in [0.15, 0.2) is 5.82 Å². The topological polar surface area (TPSA) is 64.7 Å². The largest absolute Gasteiger partial charge is 0.306 e. The standard InChI is InChI=1S/C16H15Cl2N5O/c1-11-6-7-22(20-11)10-15(24)19-16-14(18)9-23(21-16)8-12-4-2-3-5-13(12)17/h2-7,9H,8,10H2,1H3,(H,19,21,24). The Hall–Kier alpha value is -2.31. The number of hydrogen-bond acceptors (Lipinski definition) is 3. The van der Waals surface area contributed by atoms with Crippen molar-refractivity contribution in [2.75, 3.05) is 5.32 Å². The fourth-order valence-electron chi connectivity index (χ4n) is 2.23. The van der Waals surface area contributed by atoms with Crippen molar-refractivity contribution >= 4 is 34.9 Å². The van der Waals surface area contributed by atoms with E-state index in [0.717, 1.165) is 11.3 Å². The summed E-state index contributed by atoms with van der Waals surface area (Å²) in [7, 11) is 0. The summed E-state index contributed by atoms with van der Waals surface area (Å²) in [4.78, 5) is 12.1. The second kappa shape index (κ2) is 7.07. The van der Waals surface area contributed by atoms with Gasteiger partial charge in [-0.25, -0.2) is 0 Å². The van der Waals surface area contributed by atoms with Crippen LogP contribution in [0.1, 0.15) is 11.3 Å². The summed E-state index contributed by atoms with van der Waals surface area (Å²) in [5.41, 5.74) is 1.77. The Balaban J connectivity index is 1.67. The number of halogens is 2. The molecular weight excluding hydrogens is 349 g/mol. The molecule has 2 aromatic heterocycles. The van der Waals surface area contributed by atoms with Crippen LogP contribution < -0.4 is 5.32 Å². The van der Waals surface area contributed by atoms with Crippen molar-refractivity contribution in [3.63, 3.8) is 0 Å². The number of benzene rings is 1. The summed E-state index contributed by atoms with van der Waals surface area (Å²) in [5.74, 6) is 0.0700. The summed E-state index contributed by atoms with van der Waals surface area (Å²) < 4.78 is 3.19. The van der Waals surface area contributed by atoms with Crippen LogP contribution >= 0.6 is 23.2 Å². The van der Waals surface area contributed by atoms with Gasteiger partial charge in [-0.15, -0.1) is 0 Å². The molecule has 0 aliphatic heterocycles. The normalized spacial score (nSPS) is 10.8. The van der Waals surface area contributed by atoms with Crippen molar-refractivity contribution in [2.45, 2.75) is 20.0 Å². The second-order valence-corrected chi connectivity index (χ2v) is 6.13. The minimum Gasteiger partial charge on any atom is -0.306 e. The predicted molar refractivity (Wildman–Crippen MR) is 93.4 cm³/mol. The van der Waals surface area contributed by atoms with Gasteiger partial charge >= 0.3 is 0 Å². The molecule has 1 aromatic carbocycles. The predicted octanol–water partition coefficient (Wildman–Crippen LogP) is 3.38. The van der Waals surface area contributed by atoms with E-state index in [9.17, 15) is 4.79 Å². The molecule has 0 atom stereocenters. The van der Waals surface area contributed by atoms with Crippen LogP contribution in [0.15, 0.2) is 42.7 Å². The van der Waals surface area contributed by atoms with E-state index in [1.165, 1.54) is 0 Å². The number of nitrogens with zero attached hydrogens (tertiary/aromatic N) is 4. The average molecular weight is 364 g/mol. The molecule has 0 aliphatic carbocycles. The molecular formula is C16H15Cl2N5O. The van der Waals surface area contributed by atoms with Gasteiger partial charge in [0.2, 0.25) is 5.91 Å². The van der Waals surface area contributed by atoms with Gasteiger partial charge in [-0.2, -0.15) is 10.2 Å². The van der Waals surface area contributed by atoms with Crippen molar-refractivity contribution in [3.8, 4) is 0 Å². The van der Waals surface area contributed by atoms with Crippen molar-refractivity contribution in [1.82, 2.24) is 19.6 Å². The zero-order chi connectivity index (χ0) is 17.1. The van der Waals surface area contributed by atoms with Gasteiger partial charge in [-0.05, 0) is 24.6 Å². The summed E-state index contributed by atoms with van der Waals surface area (Å²) >= 11 is 12.3. The minimum absolute atomic E-state index is 0.0988. The third-order valence-electron chi connectivity index (χ3n) is 3.34. The number of nitrogens with one attached hydrogen (secondary N) is 1. The molecule has 2 heterocycles. The molecule has 3 rings (SSSR count). The fraction of sp³-hybridized carbons (Fsp3) is 0.188. The SMILES string of the molecule is Cc1ccn(CC(=O)Nc2nn(Cc3ccccc3Cl)cc2Cl)n1. The zero-order valence-electron chi connectivity index (χ0n) is 12.9. The van der Waals surface area contributed by atoms with Crippen molar-refractivity contribution < 1.29 is 4.79 Å². The van der Waals surface area contributed by atoms with E-state index < -0.39 is 0 Å². The number of rotatable bonds is 5. The van der Waals surface area contributed by atoms with Gasteiger partial charge in [0.1, 0.15) is 11.6 Å². The maximum absolute atomic E-state index is 12.1. The van der Waals surface area contributed by atoms with Crippen LogP contribution in [0.4, 0.5) is 5.82 Å². The van der Waals surface area contributed by atoms with Crippen LogP contribution in [0.2, 0.25) is 10.0 Å². The molecule has 3 aromatic rings. The molecule has 6 nitrogen and oxygen atoms in total. The molecule has 0 unspecified atom stereocenters. The number of aromatic nitrogens is 4. The Morgan fingerprint density at radius 3 is 2.62 bits per heavy atom.